The molecule has 0 aromatic heterocycles. The summed E-state index contributed by atoms with van der Waals surface area (Å²) in [6.07, 6.45) is 97.0. The minimum Gasteiger partial charge on any atom is -0.462 e. The van der Waals surface area contributed by atoms with E-state index in [1.54, 1.807) is 0 Å². The number of carbonyl (C=O) groups excluding carboxylic acids is 3. The minimum absolute atomic E-state index is 0.0842. The first-order valence-corrected chi connectivity index (χ1v) is 35.4. The van der Waals surface area contributed by atoms with E-state index in [0.29, 0.717) is 19.3 Å². The van der Waals surface area contributed by atoms with Gasteiger partial charge in [-0.3, -0.25) is 14.4 Å². The van der Waals surface area contributed by atoms with Crippen LogP contribution in [0.2, 0.25) is 0 Å². The molecular formula is C77H132O6. The largest absolute Gasteiger partial charge is 0.462 e. The average molecular weight is 1150 g/mol. The highest BCUT2D eigenvalue weighted by molar-refractivity contribution is 5.71. The Morgan fingerprint density at radius 3 is 0.747 bits per heavy atom. The Bertz CT molecular complexity index is 1660. The summed E-state index contributed by atoms with van der Waals surface area (Å²) >= 11 is 0. The zero-order valence-electron chi connectivity index (χ0n) is 54.7. The number of ether oxygens (including phenoxy) is 3. The fourth-order valence-electron chi connectivity index (χ4n) is 10.1. The number of hydrogen-bond acceptors (Lipinski definition) is 6. The Morgan fingerprint density at radius 2 is 0.470 bits per heavy atom. The number of allylic oxidation sites excluding steroid dienone is 18. The number of carbonyl (C=O) groups is 3. The van der Waals surface area contributed by atoms with Crippen molar-refractivity contribution in [3.05, 3.63) is 109 Å². The number of hydrogen-bond donors (Lipinski definition) is 0. The van der Waals surface area contributed by atoms with Crippen molar-refractivity contribution in [2.45, 2.75) is 348 Å². The van der Waals surface area contributed by atoms with Crippen LogP contribution < -0.4 is 0 Å². The maximum atomic E-state index is 12.9. The van der Waals surface area contributed by atoms with Crippen LogP contribution in [-0.2, 0) is 28.6 Å². The molecule has 6 nitrogen and oxygen atoms in total. The van der Waals surface area contributed by atoms with Crippen LogP contribution in [-0.4, -0.2) is 37.2 Å². The molecule has 0 aromatic carbocycles. The van der Waals surface area contributed by atoms with Gasteiger partial charge >= 0.3 is 17.9 Å². The third kappa shape index (κ3) is 68.7. The second-order valence-corrected chi connectivity index (χ2v) is 23.4. The van der Waals surface area contributed by atoms with E-state index in [-0.39, 0.29) is 31.1 Å². The van der Waals surface area contributed by atoms with Gasteiger partial charge in [-0.2, -0.15) is 0 Å². The van der Waals surface area contributed by atoms with Crippen LogP contribution in [0.5, 0.6) is 0 Å². The molecule has 0 saturated carbocycles. The molecule has 0 aliphatic heterocycles. The molecule has 0 aliphatic rings. The van der Waals surface area contributed by atoms with Crippen molar-refractivity contribution in [1.82, 2.24) is 0 Å². The van der Waals surface area contributed by atoms with E-state index < -0.39 is 6.10 Å². The standard InChI is InChI=1S/C77H132O6/c1-4-7-10-13-16-19-22-25-27-29-31-32-33-34-35-36-37-38-39-40-41-42-43-44-46-47-49-52-55-58-61-64-67-70-76(79)82-73-74(72-81-75(78)69-66-63-60-57-54-51-24-21-18-15-12-9-6-3)83-77(80)71-68-65-62-59-56-53-50-48-45-30-28-26-23-20-17-14-11-8-5-2/h7,9-10,12,16,18-19,21,25,27,31-32,34-35,37-38,51,54,74H,4-6,8,11,13-15,17,20,22-24,26,28-30,33,36,39-50,52-53,55-73H2,1-3H3/b10-7-,12-9-,19-16-,21-18-,27-25-,32-31-,35-34-,38-37-,54-51-. The lowest BCUT2D eigenvalue weighted by molar-refractivity contribution is -0.167. The average Bonchev–Trinajstić information content (AvgIpc) is 3.49. The van der Waals surface area contributed by atoms with Crippen molar-refractivity contribution in [2.24, 2.45) is 0 Å². The van der Waals surface area contributed by atoms with Gasteiger partial charge in [-0.15, -0.1) is 0 Å². The third-order valence-electron chi connectivity index (χ3n) is 15.3. The monoisotopic (exact) mass is 1150 g/mol. The van der Waals surface area contributed by atoms with Crippen molar-refractivity contribution in [2.75, 3.05) is 13.2 Å². The number of unbranched alkanes of at least 4 members (excludes halogenated alkanes) is 35. The lowest BCUT2D eigenvalue weighted by Crippen LogP contribution is -2.30. The van der Waals surface area contributed by atoms with E-state index in [2.05, 4.69) is 130 Å². The third-order valence-corrected chi connectivity index (χ3v) is 15.3. The van der Waals surface area contributed by atoms with Crippen LogP contribution in [0.1, 0.15) is 342 Å². The molecule has 6 heteroatoms. The smallest absolute Gasteiger partial charge is 0.306 e. The molecular weight excluding hydrogens is 1020 g/mol. The highest BCUT2D eigenvalue weighted by Gasteiger charge is 2.19. The maximum absolute atomic E-state index is 12.9. The van der Waals surface area contributed by atoms with Gasteiger partial charge in [0.1, 0.15) is 13.2 Å². The van der Waals surface area contributed by atoms with Crippen molar-refractivity contribution in [3.8, 4) is 0 Å². The van der Waals surface area contributed by atoms with Crippen LogP contribution in [0.4, 0.5) is 0 Å². The SMILES string of the molecule is CC/C=C\C/C=C\C/C=C\C/C=C\C/C=C\C/C=C\CCCCCCCCCCCCCCCCC(=O)OCC(COC(=O)CCCCC/C=C\C/C=C\C/C=C\CC)OC(=O)CCCCCCCCCCCCCCCCCCCCC. The quantitative estimate of drug-likeness (QED) is 0.0261. The van der Waals surface area contributed by atoms with Gasteiger partial charge in [0, 0.05) is 19.3 Å². The summed E-state index contributed by atoms with van der Waals surface area (Å²) in [5, 5.41) is 0. The van der Waals surface area contributed by atoms with E-state index in [1.165, 1.54) is 180 Å². The second-order valence-electron chi connectivity index (χ2n) is 23.4. The van der Waals surface area contributed by atoms with E-state index in [0.717, 1.165) is 122 Å². The van der Waals surface area contributed by atoms with Crippen molar-refractivity contribution >= 4 is 17.9 Å². The molecule has 0 N–H and O–H groups in total. The molecule has 0 fully saturated rings. The van der Waals surface area contributed by atoms with Gasteiger partial charge in [0.25, 0.3) is 0 Å². The topological polar surface area (TPSA) is 78.9 Å². The molecule has 0 spiro atoms. The van der Waals surface area contributed by atoms with Crippen molar-refractivity contribution < 1.29 is 28.6 Å². The van der Waals surface area contributed by atoms with Crippen LogP contribution in [0.3, 0.4) is 0 Å². The molecule has 1 unspecified atom stereocenters. The molecule has 0 aromatic rings. The summed E-state index contributed by atoms with van der Waals surface area (Å²) in [7, 11) is 0. The van der Waals surface area contributed by atoms with Gasteiger partial charge in [0.15, 0.2) is 6.10 Å². The summed E-state index contributed by atoms with van der Waals surface area (Å²) < 4.78 is 16.9. The molecule has 83 heavy (non-hydrogen) atoms. The molecule has 476 valence electrons. The lowest BCUT2D eigenvalue weighted by Gasteiger charge is -2.18. The molecule has 0 amide bonds. The fourth-order valence-corrected chi connectivity index (χ4v) is 10.1. The van der Waals surface area contributed by atoms with Gasteiger partial charge in [-0.1, -0.05) is 329 Å². The second kappa shape index (κ2) is 70.6. The molecule has 0 saturated heterocycles. The number of esters is 3. The van der Waals surface area contributed by atoms with Gasteiger partial charge < -0.3 is 14.2 Å². The van der Waals surface area contributed by atoms with Crippen molar-refractivity contribution in [1.29, 1.82) is 0 Å². The molecule has 0 heterocycles. The Labute approximate surface area is 514 Å². The fraction of sp³-hybridized carbons (Fsp3) is 0.727. The Hall–Kier alpha value is -3.93. The van der Waals surface area contributed by atoms with Gasteiger partial charge in [-0.05, 0) is 103 Å². The highest BCUT2D eigenvalue weighted by Crippen LogP contribution is 2.18. The van der Waals surface area contributed by atoms with E-state index in [9.17, 15) is 14.4 Å². The first-order valence-electron chi connectivity index (χ1n) is 35.4. The molecule has 1 atom stereocenters. The first kappa shape index (κ1) is 79.1. The van der Waals surface area contributed by atoms with Crippen LogP contribution in [0.15, 0.2) is 109 Å². The van der Waals surface area contributed by atoms with E-state index in [1.807, 2.05) is 0 Å². The van der Waals surface area contributed by atoms with Crippen molar-refractivity contribution in [3.63, 3.8) is 0 Å². The van der Waals surface area contributed by atoms with Gasteiger partial charge in [-0.25, -0.2) is 0 Å². The normalized spacial score (nSPS) is 12.8. The zero-order chi connectivity index (χ0) is 59.9. The Balaban J connectivity index is 4.21. The van der Waals surface area contributed by atoms with E-state index in [4.69, 9.17) is 14.2 Å². The van der Waals surface area contributed by atoms with Gasteiger partial charge in [0.2, 0.25) is 0 Å². The summed E-state index contributed by atoms with van der Waals surface area (Å²) in [6, 6.07) is 0. The predicted octanol–water partition coefficient (Wildman–Crippen LogP) is 24.6. The Kier molecular flexibility index (Phi) is 67.2. The van der Waals surface area contributed by atoms with Crippen LogP contribution in [0, 0.1) is 0 Å². The maximum Gasteiger partial charge on any atom is 0.306 e. The minimum atomic E-state index is -0.790. The van der Waals surface area contributed by atoms with Crippen LogP contribution in [0.25, 0.3) is 0 Å². The first-order chi connectivity index (χ1) is 41.0. The molecule has 0 rings (SSSR count). The summed E-state index contributed by atoms with van der Waals surface area (Å²) in [5.74, 6) is -0.899. The summed E-state index contributed by atoms with van der Waals surface area (Å²) in [4.78, 5) is 38.4. The van der Waals surface area contributed by atoms with E-state index >= 15 is 0 Å². The summed E-state index contributed by atoms with van der Waals surface area (Å²) in [6.45, 7) is 6.43. The predicted molar refractivity (Wildman–Crippen MR) is 362 cm³/mol. The highest BCUT2D eigenvalue weighted by atomic mass is 16.6. The van der Waals surface area contributed by atoms with Gasteiger partial charge in [0.05, 0.1) is 0 Å². The van der Waals surface area contributed by atoms with Crippen LogP contribution >= 0.6 is 0 Å². The lowest BCUT2D eigenvalue weighted by atomic mass is 10.0. The molecule has 0 bridgehead atoms. The molecule has 0 radical (unpaired) electrons. The number of rotatable bonds is 64. The molecule has 0 aliphatic carbocycles. The zero-order valence-corrected chi connectivity index (χ0v) is 54.7. The summed E-state index contributed by atoms with van der Waals surface area (Å²) in [5.41, 5.74) is 0. The Morgan fingerprint density at radius 1 is 0.253 bits per heavy atom.